The summed E-state index contributed by atoms with van der Waals surface area (Å²) in [7, 11) is 0. The Morgan fingerprint density at radius 2 is 2.35 bits per heavy atom. The van der Waals surface area contributed by atoms with Gasteiger partial charge in [0.2, 0.25) is 12.7 Å². The lowest BCUT2D eigenvalue weighted by Gasteiger charge is -2.06. The Morgan fingerprint density at radius 3 is 3.15 bits per heavy atom. The predicted molar refractivity (Wildman–Crippen MR) is 71.7 cm³/mol. The van der Waals surface area contributed by atoms with Crippen LogP contribution in [0.15, 0.2) is 16.6 Å². The van der Waals surface area contributed by atoms with Gasteiger partial charge >= 0.3 is 0 Å². The molecule has 0 fully saturated rings. The summed E-state index contributed by atoms with van der Waals surface area (Å²) in [4.78, 5) is 12.2. The summed E-state index contributed by atoms with van der Waals surface area (Å²) < 4.78 is 12.7. The molecule has 0 unspecified atom stereocenters. The van der Waals surface area contributed by atoms with Crippen molar-refractivity contribution in [2.24, 2.45) is 0 Å². The highest BCUT2D eigenvalue weighted by molar-refractivity contribution is 9.10. The van der Waals surface area contributed by atoms with E-state index in [2.05, 4.69) is 36.8 Å². The van der Waals surface area contributed by atoms with Crippen LogP contribution in [0.1, 0.15) is 17.3 Å². The number of nitrogens with zero attached hydrogens (tertiary/aromatic N) is 4. The molecule has 0 bridgehead atoms. The maximum atomic E-state index is 12.2. The van der Waals surface area contributed by atoms with Crippen molar-refractivity contribution in [1.82, 2.24) is 20.2 Å². The van der Waals surface area contributed by atoms with Gasteiger partial charge in [-0.25, -0.2) is 4.68 Å². The summed E-state index contributed by atoms with van der Waals surface area (Å²) in [5.74, 6) is 1.10. The van der Waals surface area contributed by atoms with Gasteiger partial charge in [0, 0.05) is 12.1 Å². The van der Waals surface area contributed by atoms with Gasteiger partial charge in [0.15, 0.2) is 11.5 Å². The molecule has 1 aliphatic rings. The molecule has 1 amide bonds. The van der Waals surface area contributed by atoms with Crippen LogP contribution in [-0.2, 0) is 6.54 Å². The number of nitrogens with one attached hydrogen (secondary N) is 1. The zero-order valence-electron chi connectivity index (χ0n) is 10.5. The van der Waals surface area contributed by atoms with Gasteiger partial charge in [-0.3, -0.25) is 10.1 Å². The molecule has 0 spiro atoms. The van der Waals surface area contributed by atoms with E-state index in [4.69, 9.17) is 9.47 Å². The number of carbonyl (C=O) groups is 1. The number of aromatic nitrogens is 4. The van der Waals surface area contributed by atoms with Gasteiger partial charge < -0.3 is 9.47 Å². The summed E-state index contributed by atoms with van der Waals surface area (Å²) in [6.45, 7) is 2.59. The first-order chi connectivity index (χ1) is 9.69. The Bertz CT molecular complexity index is 672. The number of anilines is 1. The van der Waals surface area contributed by atoms with E-state index in [1.165, 1.54) is 4.68 Å². The van der Waals surface area contributed by atoms with Gasteiger partial charge in [-0.15, -0.1) is 0 Å². The predicted octanol–water partition coefficient (Wildman–Crippen LogP) is 1.44. The number of halogens is 1. The van der Waals surface area contributed by atoms with Crippen LogP contribution in [0.25, 0.3) is 0 Å². The molecule has 8 nitrogen and oxygen atoms in total. The van der Waals surface area contributed by atoms with Crippen LogP contribution >= 0.6 is 15.9 Å². The largest absolute Gasteiger partial charge is 0.454 e. The highest BCUT2D eigenvalue weighted by Crippen LogP contribution is 2.40. The number of carbonyl (C=O) groups excluding carboxylic acids is 1. The summed E-state index contributed by atoms with van der Waals surface area (Å²) in [5.41, 5.74) is 0.423. The number of rotatable bonds is 3. The second-order valence-corrected chi connectivity index (χ2v) is 4.82. The average Bonchev–Trinajstić information content (AvgIpc) is 3.06. The number of amides is 1. The molecule has 0 aliphatic carbocycles. The summed E-state index contributed by atoms with van der Waals surface area (Å²) in [5, 5.41) is 13.6. The van der Waals surface area contributed by atoms with Crippen molar-refractivity contribution in [3.63, 3.8) is 0 Å². The number of fused-ring (bicyclic) bond motifs is 1. The summed E-state index contributed by atoms with van der Waals surface area (Å²) >= 11 is 3.34. The van der Waals surface area contributed by atoms with Crippen LogP contribution in [0.3, 0.4) is 0 Å². The second kappa shape index (κ2) is 5.08. The van der Waals surface area contributed by atoms with Gasteiger partial charge in [-0.2, -0.15) is 0 Å². The molecule has 1 N–H and O–H groups in total. The fourth-order valence-corrected chi connectivity index (χ4v) is 2.34. The van der Waals surface area contributed by atoms with Crippen molar-refractivity contribution >= 4 is 27.8 Å². The highest BCUT2D eigenvalue weighted by Gasteiger charge is 2.21. The minimum Gasteiger partial charge on any atom is -0.454 e. The third kappa shape index (κ3) is 2.20. The summed E-state index contributed by atoms with van der Waals surface area (Å²) in [6.07, 6.45) is 0. The molecule has 1 aromatic heterocycles. The van der Waals surface area contributed by atoms with E-state index in [9.17, 15) is 4.79 Å². The molecule has 3 rings (SSSR count). The van der Waals surface area contributed by atoms with E-state index < -0.39 is 0 Å². The van der Waals surface area contributed by atoms with Crippen molar-refractivity contribution in [1.29, 1.82) is 0 Å². The molecule has 0 radical (unpaired) electrons. The van der Waals surface area contributed by atoms with E-state index in [0.717, 1.165) is 0 Å². The molecule has 2 aromatic rings. The summed E-state index contributed by atoms with van der Waals surface area (Å²) in [6, 6.07) is 3.27. The quantitative estimate of drug-likeness (QED) is 0.909. The monoisotopic (exact) mass is 339 g/mol. The molecule has 104 valence electrons. The zero-order chi connectivity index (χ0) is 14.1. The zero-order valence-corrected chi connectivity index (χ0v) is 12.0. The standard InChI is InChI=1S/C11H10BrN5O3/c1-2-17-11(14-15-16-17)13-10(18)6-3-7(12)9-8(4-6)19-5-20-9/h3-4H,2,5H2,1H3,(H,13,14,16,18). The van der Waals surface area contributed by atoms with Crippen LogP contribution in [0.4, 0.5) is 5.95 Å². The number of aryl methyl sites for hydroxylation is 1. The topological polar surface area (TPSA) is 91.2 Å². The first kappa shape index (κ1) is 12.9. The van der Waals surface area contributed by atoms with E-state index in [1.54, 1.807) is 12.1 Å². The SMILES string of the molecule is CCn1nnnc1NC(=O)c1cc(Br)c2c(c1)OCO2. The normalized spacial score (nSPS) is 12.5. The number of hydrogen-bond donors (Lipinski definition) is 1. The smallest absolute Gasteiger partial charge is 0.258 e. The van der Waals surface area contributed by atoms with Crippen molar-refractivity contribution < 1.29 is 14.3 Å². The minimum absolute atomic E-state index is 0.146. The number of hydrogen-bond acceptors (Lipinski definition) is 6. The van der Waals surface area contributed by atoms with Crippen LogP contribution in [-0.4, -0.2) is 32.9 Å². The van der Waals surface area contributed by atoms with E-state index >= 15 is 0 Å². The van der Waals surface area contributed by atoms with Gasteiger partial charge in [0.05, 0.1) is 4.47 Å². The molecule has 0 saturated heterocycles. The number of ether oxygens (including phenoxy) is 2. The van der Waals surface area contributed by atoms with E-state index in [-0.39, 0.29) is 12.7 Å². The number of benzene rings is 1. The molecule has 1 aliphatic heterocycles. The van der Waals surface area contributed by atoms with Crippen molar-refractivity contribution in [3.8, 4) is 11.5 Å². The maximum Gasteiger partial charge on any atom is 0.258 e. The molecule has 2 heterocycles. The Hall–Kier alpha value is -2.16. The van der Waals surface area contributed by atoms with Crippen molar-refractivity contribution in [2.75, 3.05) is 12.1 Å². The maximum absolute atomic E-state index is 12.2. The molecule has 20 heavy (non-hydrogen) atoms. The van der Waals surface area contributed by atoms with Crippen molar-refractivity contribution in [3.05, 3.63) is 22.2 Å². The van der Waals surface area contributed by atoms with Crippen molar-refractivity contribution in [2.45, 2.75) is 13.5 Å². The molecule has 9 heteroatoms. The molecule has 0 saturated carbocycles. The minimum atomic E-state index is -0.325. The lowest BCUT2D eigenvalue weighted by molar-refractivity contribution is 0.102. The van der Waals surface area contributed by atoms with Gasteiger partial charge in [-0.1, -0.05) is 5.10 Å². The number of tetrazole rings is 1. The fraction of sp³-hybridized carbons (Fsp3) is 0.273. The van der Waals surface area contributed by atoms with Crippen LogP contribution < -0.4 is 14.8 Å². The Balaban J connectivity index is 1.86. The van der Waals surface area contributed by atoms with Crippen LogP contribution in [0.5, 0.6) is 11.5 Å². The van der Waals surface area contributed by atoms with Gasteiger partial charge in [0.1, 0.15) is 0 Å². The van der Waals surface area contributed by atoms with Gasteiger partial charge in [-0.05, 0) is 45.4 Å². The third-order valence-corrected chi connectivity index (χ3v) is 3.34. The highest BCUT2D eigenvalue weighted by atomic mass is 79.9. The lowest BCUT2D eigenvalue weighted by Crippen LogP contribution is -2.16. The Kier molecular flexibility index (Phi) is 3.26. The first-order valence-electron chi connectivity index (χ1n) is 5.85. The molecule has 1 aromatic carbocycles. The van der Waals surface area contributed by atoms with Crippen LogP contribution in [0.2, 0.25) is 0 Å². The second-order valence-electron chi connectivity index (χ2n) is 3.96. The van der Waals surface area contributed by atoms with Crippen LogP contribution in [0, 0.1) is 0 Å². The lowest BCUT2D eigenvalue weighted by atomic mass is 10.2. The first-order valence-corrected chi connectivity index (χ1v) is 6.65. The Labute approximate surface area is 122 Å². The van der Waals surface area contributed by atoms with E-state index in [1.807, 2.05) is 6.92 Å². The molecular formula is C11H10BrN5O3. The molecular weight excluding hydrogens is 330 g/mol. The van der Waals surface area contributed by atoms with Gasteiger partial charge in [0.25, 0.3) is 5.91 Å². The molecule has 0 atom stereocenters. The average molecular weight is 340 g/mol. The van der Waals surface area contributed by atoms with E-state index in [0.29, 0.717) is 34.0 Å². The Morgan fingerprint density at radius 1 is 1.50 bits per heavy atom. The third-order valence-electron chi connectivity index (χ3n) is 2.75. The fourth-order valence-electron chi connectivity index (χ4n) is 1.78.